The van der Waals surface area contributed by atoms with Crippen LogP contribution in [0.15, 0.2) is 0 Å². The van der Waals surface area contributed by atoms with Crippen molar-refractivity contribution in [1.29, 1.82) is 0 Å². The average molecular weight is 153 g/mol. The van der Waals surface area contributed by atoms with Crippen LogP contribution in [-0.2, 0) is 6.42 Å². The Bertz CT molecular complexity index is 276. The third-order valence-electron chi connectivity index (χ3n) is 1.87. The summed E-state index contributed by atoms with van der Waals surface area (Å²) in [6, 6.07) is 0. The lowest BCUT2D eigenvalue weighted by atomic mass is 10.1. The summed E-state index contributed by atoms with van der Waals surface area (Å²) in [4.78, 5) is 13.0. The zero-order valence-corrected chi connectivity index (χ0v) is 6.64. The molecule has 1 aromatic rings. The van der Waals surface area contributed by atoms with Crippen molar-refractivity contribution >= 4 is 6.29 Å². The van der Waals surface area contributed by atoms with Crippen LogP contribution in [0.4, 0.5) is 0 Å². The van der Waals surface area contributed by atoms with Crippen LogP contribution in [-0.4, -0.2) is 16.4 Å². The molecule has 0 aliphatic rings. The van der Waals surface area contributed by atoms with Crippen molar-refractivity contribution in [1.82, 2.24) is 4.98 Å². The van der Waals surface area contributed by atoms with Crippen molar-refractivity contribution in [3.8, 4) is 5.88 Å². The van der Waals surface area contributed by atoms with Gasteiger partial charge in [-0.15, -0.1) is 0 Å². The number of aldehydes is 1. The smallest absolute Gasteiger partial charge is 0.192 e. The lowest BCUT2D eigenvalue weighted by molar-refractivity contribution is 0.111. The summed E-state index contributed by atoms with van der Waals surface area (Å²) in [5.41, 5.74) is 2.14. The fourth-order valence-corrected chi connectivity index (χ4v) is 1.19. The molecule has 3 nitrogen and oxygen atoms in total. The van der Waals surface area contributed by atoms with E-state index in [0.717, 1.165) is 17.5 Å². The van der Waals surface area contributed by atoms with Gasteiger partial charge >= 0.3 is 0 Å². The molecular weight excluding hydrogens is 142 g/mol. The predicted molar refractivity (Wildman–Crippen MR) is 42.0 cm³/mol. The van der Waals surface area contributed by atoms with Crippen LogP contribution in [0.3, 0.4) is 0 Å². The molecule has 11 heavy (non-hydrogen) atoms. The van der Waals surface area contributed by atoms with E-state index in [4.69, 9.17) is 0 Å². The molecule has 0 saturated carbocycles. The van der Waals surface area contributed by atoms with Gasteiger partial charge in [-0.25, -0.2) is 0 Å². The number of carbonyl (C=O) groups is 1. The van der Waals surface area contributed by atoms with Crippen LogP contribution in [0.2, 0.25) is 0 Å². The highest BCUT2D eigenvalue weighted by atomic mass is 16.3. The normalized spacial score (nSPS) is 10.0. The Balaban J connectivity index is 3.24. The molecule has 2 N–H and O–H groups in total. The minimum Gasteiger partial charge on any atom is -0.494 e. The van der Waals surface area contributed by atoms with E-state index in [9.17, 15) is 9.90 Å². The highest BCUT2D eigenvalue weighted by molar-refractivity contribution is 5.76. The molecule has 0 aliphatic carbocycles. The van der Waals surface area contributed by atoms with Crippen molar-refractivity contribution in [2.24, 2.45) is 0 Å². The van der Waals surface area contributed by atoms with Crippen LogP contribution in [0.1, 0.15) is 28.5 Å². The Labute approximate surface area is 65.1 Å². The largest absolute Gasteiger partial charge is 0.494 e. The molecule has 0 amide bonds. The van der Waals surface area contributed by atoms with Gasteiger partial charge in [0.25, 0.3) is 0 Å². The van der Waals surface area contributed by atoms with Crippen LogP contribution in [0.25, 0.3) is 0 Å². The van der Waals surface area contributed by atoms with E-state index in [2.05, 4.69) is 4.98 Å². The summed E-state index contributed by atoms with van der Waals surface area (Å²) in [5, 5.41) is 9.23. The highest BCUT2D eigenvalue weighted by Gasteiger charge is 2.09. The van der Waals surface area contributed by atoms with Gasteiger partial charge in [-0.2, -0.15) is 0 Å². The molecule has 3 heteroatoms. The van der Waals surface area contributed by atoms with Gasteiger partial charge < -0.3 is 10.1 Å². The summed E-state index contributed by atoms with van der Waals surface area (Å²) >= 11 is 0. The van der Waals surface area contributed by atoms with Gasteiger partial charge in [0, 0.05) is 5.56 Å². The lowest BCUT2D eigenvalue weighted by Gasteiger charge is -1.92. The number of nitrogens with one attached hydrogen (secondary N) is 1. The molecule has 0 radical (unpaired) electrons. The Morgan fingerprint density at radius 2 is 2.27 bits per heavy atom. The standard InChI is InChI=1S/C8H11NO2/c1-3-6-5(2)7(4-10)9-8(6)11/h4,9,11H,3H2,1-2H3. The third-order valence-corrected chi connectivity index (χ3v) is 1.87. The van der Waals surface area contributed by atoms with Gasteiger partial charge in [-0.3, -0.25) is 4.79 Å². The number of aromatic hydroxyl groups is 1. The molecule has 1 rings (SSSR count). The van der Waals surface area contributed by atoms with Crippen LogP contribution in [0, 0.1) is 6.92 Å². The first-order valence-corrected chi connectivity index (χ1v) is 3.56. The number of hydrogen-bond donors (Lipinski definition) is 2. The zero-order chi connectivity index (χ0) is 8.43. The summed E-state index contributed by atoms with van der Waals surface area (Å²) in [6.07, 6.45) is 1.45. The van der Waals surface area contributed by atoms with E-state index in [-0.39, 0.29) is 5.88 Å². The van der Waals surface area contributed by atoms with E-state index in [1.807, 2.05) is 13.8 Å². The number of aromatic nitrogens is 1. The second kappa shape index (κ2) is 2.78. The summed E-state index contributed by atoms with van der Waals surface area (Å²) in [6.45, 7) is 3.75. The number of aromatic amines is 1. The molecule has 0 saturated heterocycles. The molecule has 0 aliphatic heterocycles. The lowest BCUT2D eigenvalue weighted by Crippen LogP contribution is -1.83. The number of rotatable bonds is 2. The maximum Gasteiger partial charge on any atom is 0.192 e. The van der Waals surface area contributed by atoms with Crippen molar-refractivity contribution in [3.05, 3.63) is 16.8 Å². The first-order chi connectivity index (χ1) is 5.20. The minimum absolute atomic E-state index is 0.118. The van der Waals surface area contributed by atoms with Gasteiger partial charge in [0.1, 0.15) is 0 Å². The van der Waals surface area contributed by atoms with Crippen LogP contribution in [0.5, 0.6) is 5.88 Å². The fourth-order valence-electron chi connectivity index (χ4n) is 1.19. The molecule has 1 aromatic heterocycles. The van der Waals surface area contributed by atoms with Crippen LogP contribution >= 0.6 is 0 Å². The second-order valence-electron chi connectivity index (χ2n) is 2.46. The van der Waals surface area contributed by atoms with E-state index in [1.54, 1.807) is 0 Å². The molecular formula is C8H11NO2. The molecule has 0 unspecified atom stereocenters. The van der Waals surface area contributed by atoms with Gasteiger partial charge in [-0.1, -0.05) is 6.92 Å². The average Bonchev–Trinajstić information content (AvgIpc) is 2.26. The first kappa shape index (κ1) is 7.85. The Morgan fingerprint density at radius 3 is 2.55 bits per heavy atom. The SMILES string of the molecule is CCc1c(O)[nH]c(C=O)c1C. The zero-order valence-electron chi connectivity index (χ0n) is 6.64. The maximum atomic E-state index is 10.4. The van der Waals surface area contributed by atoms with Gasteiger partial charge in [0.05, 0.1) is 5.69 Å². The van der Waals surface area contributed by atoms with Crippen molar-refractivity contribution in [2.75, 3.05) is 0 Å². The quantitative estimate of drug-likeness (QED) is 0.631. The summed E-state index contributed by atoms with van der Waals surface area (Å²) in [5.74, 6) is 0.118. The molecule has 1 heterocycles. The van der Waals surface area contributed by atoms with Crippen molar-refractivity contribution in [3.63, 3.8) is 0 Å². The molecule has 0 aromatic carbocycles. The Kier molecular flexibility index (Phi) is 1.98. The van der Waals surface area contributed by atoms with Gasteiger partial charge in [0.2, 0.25) is 0 Å². The summed E-state index contributed by atoms with van der Waals surface area (Å²) in [7, 11) is 0. The van der Waals surface area contributed by atoms with Crippen LogP contribution < -0.4 is 0 Å². The predicted octanol–water partition coefficient (Wildman–Crippen LogP) is 1.40. The number of H-pyrrole nitrogens is 1. The molecule has 0 atom stereocenters. The second-order valence-corrected chi connectivity index (χ2v) is 2.46. The first-order valence-electron chi connectivity index (χ1n) is 3.56. The van der Waals surface area contributed by atoms with E-state index in [0.29, 0.717) is 12.0 Å². The highest BCUT2D eigenvalue weighted by Crippen LogP contribution is 2.22. The molecule has 0 spiro atoms. The van der Waals surface area contributed by atoms with Crippen molar-refractivity contribution in [2.45, 2.75) is 20.3 Å². The molecule has 60 valence electrons. The topological polar surface area (TPSA) is 53.1 Å². The fraction of sp³-hybridized carbons (Fsp3) is 0.375. The van der Waals surface area contributed by atoms with Gasteiger partial charge in [-0.05, 0) is 18.9 Å². The van der Waals surface area contributed by atoms with Crippen molar-refractivity contribution < 1.29 is 9.90 Å². The summed E-state index contributed by atoms with van der Waals surface area (Å²) < 4.78 is 0. The monoisotopic (exact) mass is 153 g/mol. The molecule has 0 bridgehead atoms. The maximum absolute atomic E-state index is 10.4. The van der Waals surface area contributed by atoms with E-state index >= 15 is 0 Å². The minimum atomic E-state index is 0.118. The van der Waals surface area contributed by atoms with Gasteiger partial charge in [0.15, 0.2) is 12.2 Å². The Morgan fingerprint density at radius 1 is 1.64 bits per heavy atom. The number of hydrogen-bond acceptors (Lipinski definition) is 2. The molecule has 0 fully saturated rings. The third kappa shape index (κ3) is 1.13. The Hall–Kier alpha value is -1.25. The number of carbonyl (C=O) groups excluding carboxylic acids is 1. The van der Waals surface area contributed by atoms with E-state index in [1.165, 1.54) is 0 Å². The van der Waals surface area contributed by atoms with E-state index < -0.39 is 0 Å².